The van der Waals surface area contributed by atoms with Crippen LogP contribution in [0.2, 0.25) is 5.02 Å². The molecule has 0 aromatic heterocycles. The lowest BCUT2D eigenvalue weighted by atomic mass is 10.2. The van der Waals surface area contributed by atoms with Gasteiger partial charge in [-0.25, -0.2) is 13.1 Å². The summed E-state index contributed by atoms with van der Waals surface area (Å²) in [7, 11) is -0.314. The van der Waals surface area contributed by atoms with Crippen LogP contribution in [0.3, 0.4) is 0 Å². The third-order valence-corrected chi connectivity index (χ3v) is 4.26. The molecule has 0 unspecified atom stereocenters. The fourth-order valence-electron chi connectivity index (χ4n) is 1.41. The molecule has 0 heterocycles. The lowest BCUT2D eigenvalue weighted by molar-refractivity contribution is -0.856. The van der Waals surface area contributed by atoms with Crippen LogP contribution in [0.5, 0.6) is 0 Å². The fourth-order valence-corrected chi connectivity index (χ4v) is 2.69. The van der Waals surface area contributed by atoms with Crippen molar-refractivity contribution in [3.63, 3.8) is 0 Å². The van der Waals surface area contributed by atoms with Gasteiger partial charge in [-0.2, -0.15) is 13.2 Å². The first kappa shape index (κ1) is 17.2. The lowest BCUT2D eigenvalue weighted by Gasteiger charge is -2.12. The second kappa shape index (κ2) is 6.30. The van der Waals surface area contributed by atoms with Crippen LogP contribution >= 0.6 is 11.6 Å². The molecule has 0 amide bonds. The Hall–Kier alpha value is -0.830. The van der Waals surface area contributed by atoms with Gasteiger partial charge >= 0.3 is 6.18 Å². The van der Waals surface area contributed by atoms with Crippen molar-refractivity contribution in [1.29, 1.82) is 0 Å². The molecule has 114 valence electrons. The summed E-state index contributed by atoms with van der Waals surface area (Å²) in [6.45, 7) is 0.646. The fraction of sp³-hybridized carbons (Fsp3) is 0.455. The predicted octanol–water partition coefficient (Wildman–Crippen LogP) is 0.782. The van der Waals surface area contributed by atoms with E-state index in [2.05, 4.69) is 4.72 Å². The minimum atomic E-state index is -4.70. The number of quaternary nitrogens is 1. The van der Waals surface area contributed by atoms with Crippen molar-refractivity contribution < 1.29 is 26.5 Å². The van der Waals surface area contributed by atoms with Crippen LogP contribution in [0.15, 0.2) is 23.1 Å². The van der Waals surface area contributed by atoms with E-state index < -0.39 is 31.7 Å². The number of benzene rings is 1. The highest BCUT2D eigenvalue weighted by Crippen LogP contribution is 2.35. The zero-order valence-electron chi connectivity index (χ0n) is 10.9. The first-order valence-electron chi connectivity index (χ1n) is 5.69. The number of nitrogens with one attached hydrogen (secondary N) is 2. The molecular weight excluding hydrogens is 317 g/mol. The molecule has 4 nitrogen and oxygen atoms in total. The topological polar surface area (TPSA) is 50.6 Å². The smallest absolute Gasteiger partial charge is 0.339 e. The molecule has 1 aromatic rings. The first-order chi connectivity index (χ1) is 9.04. The van der Waals surface area contributed by atoms with Crippen molar-refractivity contribution in [3.05, 3.63) is 28.8 Å². The Morgan fingerprint density at radius 1 is 1.30 bits per heavy atom. The molecule has 1 aromatic carbocycles. The van der Waals surface area contributed by atoms with Gasteiger partial charge in [0.1, 0.15) is 0 Å². The summed E-state index contributed by atoms with van der Waals surface area (Å²) >= 11 is 5.44. The van der Waals surface area contributed by atoms with E-state index in [0.717, 1.165) is 17.0 Å². The molecule has 1 rings (SSSR count). The molecule has 9 heteroatoms. The molecule has 0 bridgehead atoms. The summed E-state index contributed by atoms with van der Waals surface area (Å²) in [5, 5.41) is -0.533. The lowest BCUT2D eigenvalue weighted by Crippen LogP contribution is -3.06. The highest BCUT2D eigenvalue weighted by molar-refractivity contribution is 7.89. The van der Waals surface area contributed by atoms with Crippen LogP contribution < -0.4 is 9.62 Å². The molecule has 0 radical (unpaired) electrons. The summed E-state index contributed by atoms with van der Waals surface area (Å²) < 4.78 is 64.0. The zero-order chi connectivity index (χ0) is 15.6. The maximum absolute atomic E-state index is 12.7. The minimum Gasteiger partial charge on any atom is -0.339 e. The van der Waals surface area contributed by atoms with E-state index in [4.69, 9.17) is 11.6 Å². The van der Waals surface area contributed by atoms with Gasteiger partial charge in [-0.15, -0.1) is 0 Å². The van der Waals surface area contributed by atoms with Crippen molar-refractivity contribution in [2.75, 3.05) is 27.2 Å². The Bertz CT molecular complexity index is 574. The molecule has 0 aliphatic rings. The molecule has 0 saturated carbocycles. The van der Waals surface area contributed by atoms with E-state index in [0.29, 0.717) is 12.6 Å². The van der Waals surface area contributed by atoms with Gasteiger partial charge < -0.3 is 4.90 Å². The van der Waals surface area contributed by atoms with E-state index in [1.807, 2.05) is 14.1 Å². The third-order valence-electron chi connectivity index (χ3n) is 2.47. The molecule has 0 spiro atoms. The molecule has 0 fully saturated rings. The average molecular weight is 332 g/mol. The van der Waals surface area contributed by atoms with E-state index in [1.54, 1.807) is 0 Å². The third kappa shape index (κ3) is 4.62. The number of hydrogen-bond donors (Lipinski definition) is 2. The zero-order valence-corrected chi connectivity index (χ0v) is 12.5. The van der Waals surface area contributed by atoms with Gasteiger partial charge in [0.25, 0.3) is 0 Å². The van der Waals surface area contributed by atoms with Crippen molar-refractivity contribution in [3.8, 4) is 0 Å². The van der Waals surface area contributed by atoms with Gasteiger partial charge in [0.2, 0.25) is 10.0 Å². The van der Waals surface area contributed by atoms with E-state index >= 15 is 0 Å². The summed E-state index contributed by atoms with van der Waals surface area (Å²) in [4.78, 5) is 0.558. The van der Waals surface area contributed by atoms with Crippen molar-refractivity contribution >= 4 is 21.6 Å². The predicted molar refractivity (Wildman–Crippen MR) is 69.3 cm³/mol. The van der Waals surface area contributed by atoms with Crippen LogP contribution in [-0.2, 0) is 16.2 Å². The summed E-state index contributed by atoms with van der Waals surface area (Å²) in [5.41, 5.74) is -1.17. The molecule has 2 N–H and O–H groups in total. The number of sulfonamides is 1. The second-order valence-corrected chi connectivity index (χ2v) is 6.67. The highest BCUT2D eigenvalue weighted by Gasteiger charge is 2.34. The van der Waals surface area contributed by atoms with Gasteiger partial charge in [-0.3, -0.25) is 0 Å². The Morgan fingerprint density at radius 2 is 1.90 bits per heavy atom. The number of likely N-dealkylation sites (N-methyl/N-ethyl adjacent to an activating group) is 1. The summed E-state index contributed by atoms with van der Waals surface area (Å²) in [5.74, 6) is 0. The quantitative estimate of drug-likeness (QED) is 0.838. The van der Waals surface area contributed by atoms with Crippen LogP contribution in [0, 0.1) is 0 Å². The maximum Gasteiger partial charge on any atom is 0.417 e. The largest absolute Gasteiger partial charge is 0.417 e. The Kier molecular flexibility index (Phi) is 5.42. The average Bonchev–Trinajstić information content (AvgIpc) is 2.26. The monoisotopic (exact) mass is 331 g/mol. The minimum absolute atomic E-state index is 0.134. The number of halogens is 4. The molecule has 0 atom stereocenters. The van der Waals surface area contributed by atoms with Crippen LogP contribution in [-0.4, -0.2) is 35.6 Å². The van der Waals surface area contributed by atoms with Gasteiger partial charge in [-0.1, -0.05) is 11.6 Å². The Labute approximate surface area is 120 Å². The molecular formula is C11H15ClF3N2O2S+. The second-order valence-electron chi connectivity index (χ2n) is 4.49. The number of hydrogen-bond acceptors (Lipinski definition) is 2. The van der Waals surface area contributed by atoms with Crippen molar-refractivity contribution in [2.45, 2.75) is 11.1 Å². The van der Waals surface area contributed by atoms with Crippen molar-refractivity contribution in [2.24, 2.45) is 0 Å². The van der Waals surface area contributed by atoms with Crippen molar-refractivity contribution in [1.82, 2.24) is 4.72 Å². The van der Waals surface area contributed by atoms with Gasteiger partial charge in [-0.05, 0) is 18.2 Å². The number of alkyl halides is 3. The van der Waals surface area contributed by atoms with Crippen LogP contribution in [0.25, 0.3) is 0 Å². The molecule has 0 aliphatic carbocycles. The van der Waals surface area contributed by atoms with E-state index in [1.165, 1.54) is 0 Å². The van der Waals surface area contributed by atoms with E-state index in [9.17, 15) is 21.6 Å². The maximum atomic E-state index is 12.7. The Morgan fingerprint density at radius 3 is 2.40 bits per heavy atom. The number of rotatable bonds is 5. The summed E-state index contributed by atoms with van der Waals surface area (Å²) in [6.07, 6.45) is -4.70. The molecule has 0 aliphatic heterocycles. The Balaban J connectivity index is 3.02. The van der Waals surface area contributed by atoms with Gasteiger partial charge in [0.15, 0.2) is 0 Å². The SMILES string of the molecule is C[NH+](C)CCNS(=O)(=O)c1ccc(Cl)c(C(F)(F)F)c1. The highest BCUT2D eigenvalue weighted by atomic mass is 35.5. The van der Waals surface area contributed by atoms with Gasteiger partial charge in [0.05, 0.1) is 42.7 Å². The van der Waals surface area contributed by atoms with E-state index in [-0.39, 0.29) is 6.54 Å². The van der Waals surface area contributed by atoms with Crippen LogP contribution in [0.4, 0.5) is 13.2 Å². The van der Waals surface area contributed by atoms with Crippen LogP contribution in [0.1, 0.15) is 5.56 Å². The standard InChI is InChI=1S/C11H14ClF3N2O2S/c1-17(2)6-5-16-20(18,19)8-3-4-10(12)9(7-8)11(13,14)15/h3-4,7,16H,5-6H2,1-2H3/p+1. The molecule has 20 heavy (non-hydrogen) atoms. The first-order valence-corrected chi connectivity index (χ1v) is 7.55. The van der Waals surface area contributed by atoms with Gasteiger partial charge in [0, 0.05) is 0 Å². The normalized spacial score (nSPS) is 12.9. The molecule has 0 saturated heterocycles. The summed E-state index contributed by atoms with van der Waals surface area (Å²) in [6, 6.07) is 2.51.